The first-order chi connectivity index (χ1) is 6.59. The number of fused-ring (bicyclic) bond motifs is 1. The maximum Gasteiger partial charge on any atom is 0.0829 e. The topological polar surface area (TPSA) is 23.5 Å². The van der Waals surface area contributed by atoms with Crippen molar-refractivity contribution in [2.75, 3.05) is 11.9 Å². The highest BCUT2D eigenvalue weighted by Crippen LogP contribution is 2.36. The minimum absolute atomic E-state index is 0.295. The van der Waals surface area contributed by atoms with E-state index < -0.39 is 0 Å². The second-order valence-electron chi connectivity index (χ2n) is 4.27. The van der Waals surface area contributed by atoms with Crippen molar-refractivity contribution in [1.29, 1.82) is 0 Å². The molecule has 1 aliphatic heterocycles. The Hall–Kier alpha value is -1.02. The normalized spacial score (nSPS) is 26.1. The summed E-state index contributed by atoms with van der Waals surface area (Å²) in [6.07, 6.45) is 0.531. The molecule has 1 aliphatic rings. The highest BCUT2D eigenvalue weighted by molar-refractivity contribution is 5.58. The van der Waals surface area contributed by atoms with Gasteiger partial charge in [0.1, 0.15) is 0 Å². The molecule has 1 aromatic carbocycles. The van der Waals surface area contributed by atoms with Crippen LogP contribution in [-0.4, -0.2) is 18.2 Å². The number of nitrogens with zero attached hydrogens (tertiary/aromatic N) is 1. The first-order valence-electron chi connectivity index (χ1n) is 5.11. The summed E-state index contributed by atoms with van der Waals surface area (Å²) < 4.78 is 0. The van der Waals surface area contributed by atoms with Crippen molar-refractivity contribution in [3.05, 3.63) is 29.3 Å². The fourth-order valence-corrected chi connectivity index (χ4v) is 2.11. The van der Waals surface area contributed by atoms with E-state index in [4.69, 9.17) is 0 Å². The van der Waals surface area contributed by atoms with Crippen LogP contribution in [0.1, 0.15) is 30.6 Å². The highest BCUT2D eigenvalue weighted by Gasteiger charge is 2.26. The van der Waals surface area contributed by atoms with Crippen LogP contribution < -0.4 is 4.90 Å². The Kier molecular flexibility index (Phi) is 2.23. The van der Waals surface area contributed by atoms with Gasteiger partial charge in [0.15, 0.2) is 0 Å². The maximum absolute atomic E-state index is 9.95. The zero-order chi connectivity index (χ0) is 10.3. The first kappa shape index (κ1) is 9.53. The molecule has 1 N–H and O–H groups in total. The van der Waals surface area contributed by atoms with Crippen molar-refractivity contribution in [2.45, 2.75) is 32.4 Å². The van der Waals surface area contributed by atoms with Crippen molar-refractivity contribution in [2.24, 2.45) is 0 Å². The molecule has 1 aromatic rings. The minimum Gasteiger partial charge on any atom is -0.388 e. The van der Waals surface area contributed by atoms with Gasteiger partial charge >= 0.3 is 0 Å². The van der Waals surface area contributed by atoms with Crippen LogP contribution >= 0.6 is 0 Å². The van der Waals surface area contributed by atoms with Gasteiger partial charge in [0.05, 0.1) is 6.10 Å². The lowest BCUT2D eigenvalue weighted by atomic mass is 9.93. The molecule has 2 atom stereocenters. The lowest BCUT2D eigenvalue weighted by Crippen LogP contribution is -2.35. The van der Waals surface area contributed by atoms with E-state index in [0.29, 0.717) is 6.04 Å². The predicted molar refractivity (Wildman–Crippen MR) is 58.6 cm³/mol. The quantitative estimate of drug-likeness (QED) is 0.680. The number of hydrogen-bond donors (Lipinski definition) is 1. The molecule has 2 rings (SSSR count). The summed E-state index contributed by atoms with van der Waals surface area (Å²) in [6, 6.07) is 6.70. The Labute approximate surface area is 85.2 Å². The third kappa shape index (κ3) is 1.40. The number of rotatable bonds is 0. The second kappa shape index (κ2) is 3.28. The van der Waals surface area contributed by atoms with Gasteiger partial charge in [-0.05, 0) is 26.3 Å². The van der Waals surface area contributed by atoms with Crippen molar-refractivity contribution in [3.63, 3.8) is 0 Å². The number of hydrogen-bond acceptors (Lipinski definition) is 2. The largest absolute Gasteiger partial charge is 0.388 e. The minimum atomic E-state index is -0.295. The van der Waals surface area contributed by atoms with Gasteiger partial charge in [0.2, 0.25) is 0 Å². The number of aryl methyl sites for hydroxylation is 1. The number of anilines is 1. The number of benzene rings is 1. The summed E-state index contributed by atoms with van der Waals surface area (Å²) in [5, 5.41) is 9.95. The van der Waals surface area contributed by atoms with Crippen LogP contribution in [0.4, 0.5) is 5.69 Å². The average Bonchev–Trinajstić information content (AvgIpc) is 2.14. The van der Waals surface area contributed by atoms with E-state index in [0.717, 1.165) is 12.0 Å². The van der Waals surface area contributed by atoms with E-state index in [1.54, 1.807) is 0 Å². The zero-order valence-electron chi connectivity index (χ0n) is 8.99. The zero-order valence-corrected chi connectivity index (χ0v) is 8.99. The molecule has 0 aliphatic carbocycles. The fourth-order valence-electron chi connectivity index (χ4n) is 2.11. The van der Waals surface area contributed by atoms with Crippen LogP contribution in [0.15, 0.2) is 18.2 Å². The summed E-state index contributed by atoms with van der Waals surface area (Å²) in [5.74, 6) is 0. The van der Waals surface area contributed by atoms with Crippen molar-refractivity contribution >= 4 is 5.69 Å². The van der Waals surface area contributed by atoms with Crippen LogP contribution in [0.25, 0.3) is 0 Å². The molecule has 0 radical (unpaired) electrons. The predicted octanol–water partition coefficient (Wildman–Crippen LogP) is 2.26. The van der Waals surface area contributed by atoms with Gasteiger partial charge in [0.25, 0.3) is 0 Å². The van der Waals surface area contributed by atoms with E-state index >= 15 is 0 Å². The van der Waals surface area contributed by atoms with E-state index in [1.807, 2.05) is 0 Å². The lowest BCUT2D eigenvalue weighted by Gasteiger charge is -2.36. The monoisotopic (exact) mass is 191 g/mol. The van der Waals surface area contributed by atoms with Crippen molar-refractivity contribution < 1.29 is 5.11 Å². The van der Waals surface area contributed by atoms with Crippen LogP contribution in [0.5, 0.6) is 0 Å². The van der Waals surface area contributed by atoms with Gasteiger partial charge < -0.3 is 10.0 Å². The molecule has 2 heteroatoms. The molecular weight excluding hydrogens is 174 g/mol. The van der Waals surface area contributed by atoms with E-state index in [1.165, 1.54) is 11.3 Å². The molecule has 1 heterocycles. The molecule has 0 aromatic heterocycles. The molecule has 2 nitrogen and oxygen atoms in total. The smallest absolute Gasteiger partial charge is 0.0829 e. The Bertz CT molecular complexity index is 348. The molecule has 0 amide bonds. The lowest BCUT2D eigenvalue weighted by molar-refractivity contribution is 0.153. The van der Waals surface area contributed by atoms with E-state index in [-0.39, 0.29) is 6.10 Å². The fraction of sp³-hybridized carbons (Fsp3) is 0.500. The van der Waals surface area contributed by atoms with E-state index in [9.17, 15) is 5.11 Å². The molecule has 0 bridgehead atoms. The van der Waals surface area contributed by atoms with Crippen LogP contribution in [0.2, 0.25) is 0 Å². The van der Waals surface area contributed by atoms with Crippen molar-refractivity contribution in [3.8, 4) is 0 Å². The number of aliphatic hydroxyl groups is 1. The summed E-state index contributed by atoms with van der Waals surface area (Å²) >= 11 is 0. The van der Waals surface area contributed by atoms with Gasteiger partial charge in [-0.3, -0.25) is 0 Å². The van der Waals surface area contributed by atoms with Crippen LogP contribution in [-0.2, 0) is 0 Å². The molecule has 0 spiro atoms. The number of aliphatic hydroxyl groups excluding tert-OH is 1. The van der Waals surface area contributed by atoms with Gasteiger partial charge in [-0.2, -0.15) is 0 Å². The summed E-state index contributed by atoms with van der Waals surface area (Å²) in [4.78, 5) is 2.24. The van der Waals surface area contributed by atoms with E-state index in [2.05, 4.69) is 44.0 Å². The first-order valence-corrected chi connectivity index (χ1v) is 5.11. The van der Waals surface area contributed by atoms with Gasteiger partial charge in [0, 0.05) is 24.3 Å². The summed E-state index contributed by atoms with van der Waals surface area (Å²) in [5.41, 5.74) is 3.46. The second-order valence-corrected chi connectivity index (χ2v) is 4.27. The van der Waals surface area contributed by atoms with Crippen LogP contribution in [0.3, 0.4) is 0 Å². The Balaban J connectivity index is 2.50. The summed E-state index contributed by atoms with van der Waals surface area (Å²) in [6.45, 7) is 4.21. The Morgan fingerprint density at radius 3 is 2.86 bits per heavy atom. The molecule has 0 fully saturated rings. The molecular formula is C12H17NO. The average molecular weight is 191 g/mol. The van der Waals surface area contributed by atoms with Gasteiger partial charge in [-0.15, -0.1) is 0 Å². The SMILES string of the molecule is Cc1ccc2c(c1)C(O)CC(C)N2C. The molecule has 76 valence electrons. The maximum atomic E-state index is 9.95. The standard InChI is InChI=1S/C12H17NO/c1-8-4-5-11-10(6-8)12(14)7-9(2)13(11)3/h4-6,9,12,14H,7H2,1-3H3. The Morgan fingerprint density at radius 1 is 1.43 bits per heavy atom. The third-order valence-corrected chi connectivity index (χ3v) is 3.15. The van der Waals surface area contributed by atoms with Gasteiger partial charge in [-0.25, -0.2) is 0 Å². The van der Waals surface area contributed by atoms with Crippen molar-refractivity contribution in [1.82, 2.24) is 0 Å². The summed E-state index contributed by atoms with van der Waals surface area (Å²) in [7, 11) is 2.09. The Morgan fingerprint density at radius 2 is 2.14 bits per heavy atom. The van der Waals surface area contributed by atoms with Gasteiger partial charge in [-0.1, -0.05) is 17.7 Å². The molecule has 2 unspecified atom stereocenters. The molecule has 14 heavy (non-hydrogen) atoms. The van der Waals surface area contributed by atoms with Crippen LogP contribution in [0, 0.1) is 6.92 Å². The molecule has 0 saturated carbocycles. The highest BCUT2D eigenvalue weighted by atomic mass is 16.3. The molecule has 0 saturated heterocycles. The third-order valence-electron chi connectivity index (χ3n) is 3.15.